The molecule has 0 unspecified atom stereocenters. The summed E-state index contributed by atoms with van der Waals surface area (Å²) in [4.78, 5) is 12.9. The first-order chi connectivity index (χ1) is 11.8. The van der Waals surface area contributed by atoms with E-state index in [9.17, 15) is 13.2 Å². The summed E-state index contributed by atoms with van der Waals surface area (Å²) in [5.74, 6) is -0.251. The van der Waals surface area contributed by atoms with Crippen LogP contribution in [-0.4, -0.2) is 32.7 Å². The number of rotatable bonds is 5. The van der Waals surface area contributed by atoms with Crippen LogP contribution in [0.25, 0.3) is 0 Å². The topological polar surface area (TPSA) is 66.5 Å². The first-order valence-electron chi connectivity index (χ1n) is 8.26. The molecule has 1 fully saturated rings. The van der Waals surface area contributed by atoms with Gasteiger partial charge in [0.1, 0.15) is 0 Å². The molecule has 1 saturated carbocycles. The fourth-order valence-electron chi connectivity index (χ4n) is 3.07. The van der Waals surface area contributed by atoms with E-state index in [-0.39, 0.29) is 16.3 Å². The number of amides is 1. The summed E-state index contributed by atoms with van der Waals surface area (Å²) in [6.07, 6.45) is 2.83. The molecule has 25 heavy (non-hydrogen) atoms. The zero-order chi connectivity index (χ0) is 18.1. The molecule has 2 aromatic carbocycles. The lowest BCUT2D eigenvalue weighted by Gasteiger charge is -2.43. The van der Waals surface area contributed by atoms with Crippen molar-refractivity contribution in [1.29, 1.82) is 0 Å². The van der Waals surface area contributed by atoms with Crippen LogP contribution < -0.4 is 5.32 Å². The Labute approximate surface area is 148 Å². The van der Waals surface area contributed by atoms with E-state index in [2.05, 4.69) is 5.32 Å². The van der Waals surface area contributed by atoms with Crippen molar-refractivity contribution >= 4 is 15.9 Å². The summed E-state index contributed by atoms with van der Waals surface area (Å²) < 4.78 is 25.7. The molecular formula is C19H22N2O3S. The van der Waals surface area contributed by atoms with Crippen molar-refractivity contribution in [1.82, 2.24) is 9.62 Å². The average Bonchev–Trinajstić information content (AvgIpc) is 2.58. The molecule has 0 saturated heterocycles. The Morgan fingerprint density at radius 2 is 1.72 bits per heavy atom. The number of hydrogen-bond donors (Lipinski definition) is 1. The lowest BCUT2D eigenvalue weighted by molar-refractivity contribution is 0.0823. The van der Waals surface area contributed by atoms with Gasteiger partial charge in [0.15, 0.2) is 0 Å². The first-order valence-corrected chi connectivity index (χ1v) is 9.70. The van der Waals surface area contributed by atoms with Gasteiger partial charge in [-0.05, 0) is 43.0 Å². The van der Waals surface area contributed by atoms with Crippen LogP contribution >= 0.6 is 0 Å². The van der Waals surface area contributed by atoms with Gasteiger partial charge in [-0.15, -0.1) is 0 Å². The lowest BCUT2D eigenvalue weighted by atomic mass is 9.71. The number of carbonyl (C=O) groups is 1. The summed E-state index contributed by atoms with van der Waals surface area (Å²) in [5.41, 5.74) is 1.09. The van der Waals surface area contributed by atoms with Gasteiger partial charge in [-0.3, -0.25) is 4.79 Å². The molecule has 0 radical (unpaired) electrons. The molecule has 1 amide bonds. The van der Waals surface area contributed by atoms with Crippen LogP contribution in [0.2, 0.25) is 0 Å². The van der Waals surface area contributed by atoms with Crippen molar-refractivity contribution in [3.63, 3.8) is 0 Å². The highest BCUT2D eigenvalue weighted by Gasteiger charge is 2.40. The van der Waals surface area contributed by atoms with Crippen LogP contribution in [0.15, 0.2) is 59.5 Å². The molecule has 3 rings (SSSR count). The van der Waals surface area contributed by atoms with Gasteiger partial charge in [0.2, 0.25) is 10.0 Å². The molecule has 0 bridgehead atoms. The molecule has 1 aliphatic carbocycles. The molecule has 6 heteroatoms. The smallest absolute Gasteiger partial charge is 0.252 e. The highest BCUT2D eigenvalue weighted by Crippen LogP contribution is 2.41. The Kier molecular flexibility index (Phi) is 4.67. The third kappa shape index (κ3) is 3.32. The molecule has 0 atom stereocenters. The molecular weight excluding hydrogens is 336 g/mol. The normalized spacial score (nSPS) is 16.3. The Balaban J connectivity index is 1.87. The Hall–Kier alpha value is -2.18. The monoisotopic (exact) mass is 358 g/mol. The highest BCUT2D eigenvalue weighted by atomic mass is 32.2. The van der Waals surface area contributed by atoms with Gasteiger partial charge in [0.05, 0.1) is 10.4 Å². The number of nitrogens with zero attached hydrogens (tertiary/aromatic N) is 1. The first kappa shape index (κ1) is 17.6. The van der Waals surface area contributed by atoms with Gasteiger partial charge in [-0.25, -0.2) is 12.7 Å². The quantitative estimate of drug-likeness (QED) is 0.894. The molecule has 2 aromatic rings. The van der Waals surface area contributed by atoms with Gasteiger partial charge in [-0.1, -0.05) is 36.4 Å². The van der Waals surface area contributed by atoms with E-state index in [0.29, 0.717) is 5.56 Å². The molecule has 0 heterocycles. The molecule has 0 aromatic heterocycles. The van der Waals surface area contributed by atoms with E-state index < -0.39 is 10.0 Å². The van der Waals surface area contributed by atoms with Crippen molar-refractivity contribution < 1.29 is 13.2 Å². The van der Waals surface area contributed by atoms with Gasteiger partial charge in [0.25, 0.3) is 5.91 Å². The molecule has 1 aliphatic rings. The van der Waals surface area contributed by atoms with Crippen LogP contribution in [0.5, 0.6) is 0 Å². The maximum atomic E-state index is 12.8. The molecule has 0 aliphatic heterocycles. The molecule has 132 valence electrons. The van der Waals surface area contributed by atoms with Gasteiger partial charge < -0.3 is 5.32 Å². The number of carbonyl (C=O) groups excluding carboxylic acids is 1. The predicted octanol–water partition coefficient (Wildman–Crippen LogP) is 2.75. The van der Waals surface area contributed by atoms with Gasteiger partial charge >= 0.3 is 0 Å². The third-order valence-corrected chi connectivity index (χ3v) is 6.57. The fourth-order valence-corrected chi connectivity index (χ4v) is 4.02. The number of hydrogen-bond acceptors (Lipinski definition) is 3. The maximum absolute atomic E-state index is 12.8. The van der Waals surface area contributed by atoms with E-state index in [1.807, 2.05) is 30.3 Å². The Bertz CT molecular complexity index is 873. The summed E-state index contributed by atoms with van der Waals surface area (Å²) in [6, 6.07) is 16.1. The van der Waals surface area contributed by atoms with Crippen molar-refractivity contribution in [2.24, 2.45) is 0 Å². The van der Waals surface area contributed by atoms with E-state index >= 15 is 0 Å². The average molecular weight is 358 g/mol. The Morgan fingerprint density at radius 1 is 1.04 bits per heavy atom. The second-order valence-electron chi connectivity index (χ2n) is 6.57. The van der Waals surface area contributed by atoms with Crippen molar-refractivity contribution in [2.45, 2.75) is 29.7 Å². The molecule has 0 spiro atoms. The standard InChI is InChI=1S/C19H22N2O3S/c1-21(2)25(23,24)17-11-6-8-15(14-17)18(22)20-19(12-7-13-19)16-9-4-3-5-10-16/h3-6,8-11,14H,7,12-13H2,1-2H3,(H,20,22). The van der Waals surface area contributed by atoms with Crippen LogP contribution in [-0.2, 0) is 15.6 Å². The van der Waals surface area contributed by atoms with Crippen LogP contribution in [0.4, 0.5) is 0 Å². The minimum Gasteiger partial charge on any atom is -0.343 e. The summed E-state index contributed by atoms with van der Waals surface area (Å²) in [7, 11) is -0.621. The largest absolute Gasteiger partial charge is 0.343 e. The second-order valence-corrected chi connectivity index (χ2v) is 8.72. The molecule has 5 nitrogen and oxygen atoms in total. The summed E-state index contributed by atoms with van der Waals surface area (Å²) in [5, 5.41) is 3.12. The zero-order valence-corrected chi connectivity index (χ0v) is 15.2. The predicted molar refractivity (Wildman–Crippen MR) is 96.8 cm³/mol. The lowest BCUT2D eigenvalue weighted by Crippen LogP contribution is -2.50. The number of benzene rings is 2. The van der Waals surface area contributed by atoms with Crippen LogP contribution in [0, 0.1) is 0 Å². The highest BCUT2D eigenvalue weighted by molar-refractivity contribution is 7.89. The number of sulfonamides is 1. The van der Waals surface area contributed by atoms with E-state index in [4.69, 9.17) is 0 Å². The maximum Gasteiger partial charge on any atom is 0.252 e. The van der Waals surface area contributed by atoms with Gasteiger partial charge in [0, 0.05) is 19.7 Å². The zero-order valence-electron chi connectivity index (χ0n) is 14.4. The fraction of sp³-hybridized carbons (Fsp3) is 0.316. The van der Waals surface area contributed by atoms with Crippen LogP contribution in [0.3, 0.4) is 0 Å². The SMILES string of the molecule is CN(C)S(=O)(=O)c1cccc(C(=O)NC2(c3ccccc3)CCC2)c1. The minimum absolute atomic E-state index is 0.118. The van der Waals surface area contributed by atoms with E-state index in [1.54, 1.807) is 12.1 Å². The summed E-state index contributed by atoms with van der Waals surface area (Å²) >= 11 is 0. The molecule has 1 N–H and O–H groups in total. The van der Waals surface area contributed by atoms with E-state index in [1.165, 1.54) is 26.2 Å². The Morgan fingerprint density at radius 3 is 2.28 bits per heavy atom. The third-order valence-electron chi connectivity index (χ3n) is 4.76. The van der Waals surface area contributed by atoms with Crippen LogP contribution in [0.1, 0.15) is 35.2 Å². The minimum atomic E-state index is -3.57. The van der Waals surface area contributed by atoms with Crippen molar-refractivity contribution in [2.75, 3.05) is 14.1 Å². The number of nitrogens with one attached hydrogen (secondary N) is 1. The van der Waals surface area contributed by atoms with E-state index in [0.717, 1.165) is 29.1 Å². The second kappa shape index (κ2) is 6.61. The summed E-state index contributed by atoms with van der Waals surface area (Å²) in [6.45, 7) is 0. The van der Waals surface area contributed by atoms with Gasteiger partial charge in [-0.2, -0.15) is 0 Å². The van der Waals surface area contributed by atoms with Crippen molar-refractivity contribution in [3.05, 3.63) is 65.7 Å². The van der Waals surface area contributed by atoms with Crippen molar-refractivity contribution in [3.8, 4) is 0 Å².